The lowest BCUT2D eigenvalue weighted by atomic mass is 10.8. The normalized spacial score (nSPS) is 10.5. The maximum absolute atomic E-state index is 4.12. The molecule has 2 rings (SSSR count). The van der Waals surface area contributed by atoms with Crippen molar-refractivity contribution in [1.29, 1.82) is 0 Å². The number of hydrogen-bond donors (Lipinski definition) is 0. The molecule has 6 heteroatoms. The van der Waals surface area contributed by atoms with Crippen LogP contribution in [0.5, 0.6) is 0 Å². The van der Waals surface area contributed by atoms with Gasteiger partial charge in [0.15, 0.2) is 0 Å². The molecule has 0 radical (unpaired) electrons. The third-order valence-corrected chi connectivity index (χ3v) is 2.65. The lowest BCUT2D eigenvalue weighted by Gasteiger charge is -1.88. The minimum absolute atomic E-state index is 0.815. The number of aromatic nitrogens is 4. The highest BCUT2D eigenvalue weighted by Crippen LogP contribution is 2.13. The van der Waals surface area contributed by atoms with E-state index in [4.69, 9.17) is 0 Å². The van der Waals surface area contributed by atoms with Crippen LogP contribution in [0.15, 0.2) is 12.4 Å². The van der Waals surface area contributed by atoms with Crippen LogP contribution in [0.3, 0.4) is 0 Å². The SMILES string of the molecule is Cc1nnc(-n2cc(I)cn2)s1. The average molecular weight is 292 g/mol. The van der Waals surface area contributed by atoms with E-state index >= 15 is 0 Å². The molecule has 0 fully saturated rings. The Morgan fingerprint density at radius 1 is 1.50 bits per heavy atom. The van der Waals surface area contributed by atoms with E-state index in [9.17, 15) is 0 Å². The van der Waals surface area contributed by atoms with Crippen LogP contribution < -0.4 is 0 Å². The molecule has 0 aromatic carbocycles. The second-order valence-corrected chi connectivity index (χ2v) is 4.61. The number of aryl methyl sites for hydroxylation is 1. The molecule has 0 saturated heterocycles. The van der Waals surface area contributed by atoms with Gasteiger partial charge in [0, 0.05) is 6.20 Å². The summed E-state index contributed by atoms with van der Waals surface area (Å²) in [6, 6.07) is 0. The average Bonchev–Trinajstić information content (AvgIpc) is 2.58. The van der Waals surface area contributed by atoms with Crippen molar-refractivity contribution in [3.05, 3.63) is 21.0 Å². The summed E-state index contributed by atoms with van der Waals surface area (Å²) < 4.78 is 2.83. The first kappa shape index (κ1) is 8.11. The summed E-state index contributed by atoms with van der Waals surface area (Å²) >= 11 is 3.74. The van der Waals surface area contributed by atoms with Crippen LogP contribution in [0.25, 0.3) is 5.13 Å². The van der Waals surface area contributed by atoms with Gasteiger partial charge < -0.3 is 0 Å². The third-order valence-electron chi connectivity index (χ3n) is 1.26. The molecule has 2 aromatic heterocycles. The van der Waals surface area contributed by atoms with Gasteiger partial charge in [0.25, 0.3) is 0 Å². The lowest BCUT2D eigenvalue weighted by molar-refractivity contribution is 0.843. The molecule has 0 spiro atoms. The van der Waals surface area contributed by atoms with Gasteiger partial charge in [-0.05, 0) is 29.5 Å². The van der Waals surface area contributed by atoms with E-state index in [1.165, 1.54) is 11.3 Å². The molecule has 0 bridgehead atoms. The van der Waals surface area contributed by atoms with E-state index in [1.54, 1.807) is 10.9 Å². The Morgan fingerprint density at radius 3 is 2.83 bits per heavy atom. The van der Waals surface area contributed by atoms with Crippen molar-refractivity contribution in [2.75, 3.05) is 0 Å². The summed E-state index contributed by atoms with van der Waals surface area (Å²) in [7, 11) is 0. The number of rotatable bonds is 1. The molecular formula is C6H5IN4S. The van der Waals surface area contributed by atoms with Gasteiger partial charge in [-0.3, -0.25) is 0 Å². The molecule has 0 atom stereocenters. The maximum atomic E-state index is 4.12. The number of nitrogens with zero attached hydrogens (tertiary/aromatic N) is 4. The van der Waals surface area contributed by atoms with Crippen LogP contribution in [0.4, 0.5) is 0 Å². The molecule has 0 amide bonds. The number of halogens is 1. The summed E-state index contributed by atoms with van der Waals surface area (Å²) in [4.78, 5) is 0. The van der Waals surface area contributed by atoms with Crippen molar-refractivity contribution in [3.8, 4) is 5.13 Å². The van der Waals surface area contributed by atoms with Gasteiger partial charge in [-0.15, -0.1) is 10.2 Å². The highest BCUT2D eigenvalue weighted by molar-refractivity contribution is 14.1. The lowest BCUT2D eigenvalue weighted by Crippen LogP contribution is -1.92. The van der Waals surface area contributed by atoms with Gasteiger partial charge >= 0.3 is 0 Å². The first-order valence-corrected chi connectivity index (χ1v) is 5.16. The Bertz CT molecular complexity index is 355. The second-order valence-electron chi connectivity index (χ2n) is 2.21. The van der Waals surface area contributed by atoms with Crippen LogP contribution >= 0.6 is 33.9 Å². The Balaban J connectivity index is 2.43. The molecule has 2 aromatic rings. The van der Waals surface area contributed by atoms with Crippen molar-refractivity contribution in [2.24, 2.45) is 0 Å². The molecule has 0 aliphatic heterocycles. The topological polar surface area (TPSA) is 43.6 Å². The Hall–Kier alpha value is -0.500. The molecule has 0 unspecified atom stereocenters. The van der Waals surface area contributed by atoms with Gasteiger partial charge in [-0.1, -0.05) is 11.3 Å². The van der Waals surface area contributed by atoms with Crippen LogP contribution in [-0.2, 0) is 0 Å². The van der Waals surface area contributed by atoms with Gasteiger partial charge in [0.1, 0.15) is 5.01 Å². The fourth-order valence-corrected chi connectivity index (χ4v) is 1.79. The first-order chi connectivity index (χ1) is 5.75. The van der Waals surface area contributed by atoms with Crippen LogP contribution in [-0.4, -0.2) is 20.0 Å². The monoisotopic (exact) mass is 292 g/mol. The summed E-state index contributed by atoms with van der Waals surface area (Å²) in [6.45, 7) is 1.93. The predicted octanol–water partition coefficient (Wildman–Crippen LogP) is 1.64. The number of hydrogen-bond acceptors (Lipinski definition) is 4. The highest BCUT2D eigenvalue weighted by atomic mass is 127. The van der Waals surface area contributed by atoms with E-state index in [1.807, 2.05) is 13.1 Å². The van der Waals surface area contributed by atoms with Gasteiger partial charge in [0.05, 0.1) is 9.77 Å². The summed E-state index contributed by atoms with van der Waals surface area (Å²) in [6.07, 6.45) is 3.71. The van der Waals surface area contributed by atoms with Gasteiger partial charge in [0.2, 0.25) is 5.13 Å². The van der Waals surface area contributed by atoms with Crippen molar-refractivity contribution in [1.82, 2.24) is 20.0 Å². The smallest absolute Gasteiger partial charge is 0.211 e. The van der Waals surface area contributed by atoms with E-state index in [0.29, 0.717) is 0 Å². The molecule has 0 saturated carbocycles. The van der Waals surface area contributed by atoms with E-state index < -0.39 is 0 Å². The fraction of sp³-hybridized carbons (Fsp3) is 0.167. The first-order valence-electron chi connectivity index (χ1n) is 3.26. The fourth-order valence-electron chi connectivity index (χ4n) is 0.784. The quantitative estimate of drug-likeness (QED) is 0.750. The molecular weight excluding hydrogens is 287 g/mol. The standard InChI is InChI=1S/C6H5IN4S/c1-4-9-10-6(12-4)11-3-5(7)2-8-11/h2-3H,1H3. The predicted molar refractivity (Wildman–Crippen MR) is 54.5 cm³/mol. The Kier molecular flexibility index (Phi) is 2.09. The Labute approximate surface area is 86.8 Å². The summed E-state index contributed by atoms with van der Waals surface area (Å²) in [5, 5.41) is 13.8. The molecule has 0 aliphatic rings. The summed E-state index contributed by atoms with van der Waals surface area (Å²) in [5.74, 6) is 0. The molecule has 0 N–H and O–H groups in total. The zero-order chi connectivity index (χ0) is 8.55. The summed E-state index contributed by atoms with van der Waals surface area (Å²) in [5.41, 5.74) is 0. The van der Waals surface area contributed by atoms with E-state index in [2.05, 4.69) is 37.9 Å². The molecule has 62 valence electrons. The van der Waals surface area contributed by atoms with E-state index in [-0.39, 0.29) is 0 Å². The Morgan fingerprint density at radius 2 is 2.33 bits per heavy atom. The zero-order valence-electron chi connectivity index (χ0n) is 6.23. The molecule has 12 heavy (non-hydrogen) atoms. The van der Waals surface area contributed by atoms with Gasteiger partial charge in [-0.2, -0.15) is 5.10 Å². The highest BCUT2D eigenvalue weighted by Gasteiger charge is 2.03. The van der Waals surface area contributed by atoms with Crippen molar-refractivity contribution in [3.63, 3.8) is 0 Å². The van der Waals surface area contributed by atoms with Crippen molar-refractivity contribution in [2.45, 2.75) is 6.92 Å². The van der Waals surface area contributed by atoms with Crippen LogP contribution in [0.2, 0.25) is 0 Å². The van der Waals surface area contributed by atoms with E-state index in [0.717, 1.165) is 13.7 Å². The van der Waals surface area contributed by atoms with Gasteiger partial charge in [-0.25, -0.2) is 4.68 Å². The van der Waals surface area contributed by atoms with Crippen molar-refractivity contribution < 1.29 is 0 Å². The second kappa shape index (κ2) is 3.09. The largest absolute Gasteiger partial charge is 0.232 e. The van der Waals surface area contributed by atoms with Crippen LogP contribution in [0, 0.1) is 10.5 Å². The molecule has 0 aliphatic carbocycles. The molecule has 4 nitrogen and oxygen atoms in total. The minimum Gasteiger partial charge on any atom is -0.211 e. The van der Waals surface area contributed by atoms with Crippen LogP contribution in [0.1, 0.15) is 5.01 Å². The zero-order valence-corrected chi connectivity index (χ0v) is 9.20. The third kappa shape index (κ3) is 1.48. The maximum Gasteiger partial charge on any atom is 0.232 e. The van der Waals surface area contributed by atoms with Crippen molar-refractivity contribution >= 4 is 33.9 Å². The molecule has 2 heterocycles. The minimum atomic E-state index is 0.815.